The summed E-state index contributed by atoms with van der Waals surface area (Å²) in [7, 11) is 0. The molecular formula is C21H28N2O3. The smallest absolute Gasteiger partial charge is 0.249 e. The van der Waals surface area contributed by atoms with Gasteiger partial charge in [0.15, 0.2) is 0 Å². The summed E-state index contributed by atoms with van der Waals surface area (Å²) < 4.78 is 6.00. The molecule has 1 unspecified atom stereocenters. The van der Waals surface area contributed by atoms with Gasteiger partial charge < -0.3 is 14.5 Å². The van der Waals surface area contributed by atoms with E-state index in [1.165, 1.54) is 0 Å². The number of carbonyl (C=O) groups excluding carboxylic acids is 2. The van der Waals surface area contributed by atoms with Gasteiger partial charge in [0.1, 0.15) is 12.2 Å². The average molecular weight is 356 g/mol. The van der Waals surface area contributed by atoms with E-state index in [4.69, 9.17) is 4.74 Å². The highest BCUT2D eigenvalue weighted by Gasteiger charge is 2.49. The molecule has 0 bridgehead atoms. The number of ether oxygens (including phenoxy) is 1. The number of benzene rings is 1. The van der Waals surface area contributed by atoms with Crippen molar-refractivity contribution in [3.8, 4) is 0 Å². The second-order valence-electron chi connectivity index (χ2n) is 8.45. The number of hydrogen-bond acceptors (Lipinski definition) is 3. The van der Waals surface area contributed by atoms with Gasteiger partial charge in [-0.3, -0.25) is 9.59 Å². The Morgan fingerprint density at radius 3 is 2.58 bits per heavy atom. The summed E-state index contributed by atoms with van der Waals surface area (Å²) in [5.74, 6) is 0.314. The van der Waals surface area contributed by atoms with Crippen LogP contribution in [0.1, 0.15) is 44.6 Å². The van der Waals surface area contributed by atoms with E-state index in [0.29, 0.717) is 19.6 Å². The van der Waals surface area contributed by atoms with E-state index in [9.17, 15) is 9.59 Å². The molecule has 5 nitrogen and oxygen atoms in total. The van der Waals surface area contributed by atoms with Crippen LogP contribution in [0.25, 0.3) is 0 Å². The second kappa shape index (κ2) is 6.69. The zero-order chi connectivity index (χ0) is 18.2. The molecule has 2 heterocycles. The lowest BCUT2D eigenvalue weighted by atomic mass is 9.87. The van der Waals surface area contributed by atoms with E-state index in [2.05, 4.69) is 6.92 Å². The van der Waals surface area contributed by atoms with Crippen molar-refractivity contribution in [1.82, 2.24) is 9.80 Å². The van der Waals surface area contributed by atoms with Gasteiger partial charge in [0.25, 0.3) is 0 Å². The minimum absolute atomic E-state index is 0.0343. The predicted octanol–water partition coefficient (Wildman–Crippen LogP) is 2.60. The van der Waals surface area contributed by atoms with Crippen LogP contribution in [-0.4, -0.2) is 53.5 Å². The zero-order valence-electron chi connectivity index (χ0n) is 15.6. The van der Waals surface area contributed by atoms with Gasteiger partial charge in [-0.2, -0.15) is 0 Å². The highest BCUT2D eigenvalue weighted by Crippen LogP contribution is 2.41. The Morgan fingerprint density at radius 2 is 1.85 bits per heavy atom. The van der Waals surface area contributed by atoms with Crippen LogP contribution in [0.4, 0.5) is 0 Å². The van der Waals surface area contributed by atoms with Crippen LogP contribution >= 0.6 is 0 Å². The molecule has 1 aliphatic carbocycles. The summed E-state index contributed by atoms with van der Waals surface area (Å²) in [6, 6.07) is 10.1. The summed E-state index contributed by atoms with van der Waals surface area (Å²) in [5, 5.41) is 0. The number of likely N-dealkylation sites (tertiary alicyclic amines) is 1. The lowest BCUT2D eigenvalue weighted by Crippen LogP contribution is -2.56. The molecule has 3 aliphatic rings. The van der Waals surface area contributed by atoms with Crippen LogP contribution in [0.5, 0.6) is 0 Å². The fourth-order valence-corrected chi connectivity index (χ4v) is 4.75. The van der Waals surface area contributed by atoms with Gasteiger partial charge in [0, 0.05) is 18.5 Å². The zero-order valence-corrected chi connectivity index (χ0v) is 15.6. The summed E-state index contributed by atoms with van der Waals surface area (Å²) in [5.41, 5.74) is 0.537. The Morgan fingerprint density at radius 1 is 1.12 bits per heavy atom. The van der Waals surface area contributed by atoms with Crippen molar-refractivity contribution in [1.29, 1.82) is 0 Å². The molecule has 2 saturated heterocycles. The topological polar surface area (TPSA) is 49.9 Å². The number of morpholine rings is 1. The molecule has 4 rings (SSSR count). The second-order valence-corrected chi connectivity index (χ2v) is 8.45. The molecule has 3 fully saturated rings. The quantitative estimate of drug-likeness (QED) is 0.836. The van der Waals surface area contributed by atoms with Crippen molar-refractivity contribution in [2.24, 2.45) is 5.41 Å². The normalized spacial score (nSPS) is 28.1. The van der Waals surface area contributed by atoms with Gasteiger partial charge in [-0.1, -0.05) is 50.1 Å². The third-order valence-electron chi connectivity index (χ3n) is 6.38. The first-order valence-electron chi connectivity index (χ1n) is 9.75. The molecule has 1 saturated carbocycles. The van der Waals surface area contributed by atoms with Crippen LogP contribution in [-0.2, 0) is 20.9 Å². The monoisotopic (exact) mass is 356 g/mol. The number of hydrogen-bond donors (Lipinski definition) is 0. The van der Waals surface area contributed by atoms with Crippen molar-refractivity contribution in [2.45, 2.75) is 51.2 Å². The molecule has 1 spiro atoms. The molecule has 5 heteroatoms. The molecule has 0 aromatic heterocycles. The summed E-state index contributed by atoms with van der Waals surface area (Å²) in [6.07, 6.45) is 5.10. The molecule has 1 aromatic carbocycles. The largest absolute Gasteiger partial charge is 0.361 e. The van der Waals surface area contributed by atoms with E-state index < -0.39 is 5.60 Å². The molecule has 0 radical (unpaired) electrons. The first-order valence-corrected chi connectivity index (χ1v) is 9.75. The van der Waals surface area contributed by atoms with Crippen molar-refractivity contribution >= 4 is 11.8 Å². The lowest BCUT2D eigenvalue weighted by molar-refractivity contribution is -0.164. The standard InChI is InChI=1S/C21H28N2O3/c1-20(9-5-6-10-20)19(25)22-12-11-21(15-22)16-23(18(24)14-26-21)13-17-7-3-2-4-8-17/h2-4,7-8H,5-6,9-16H2,1H3. The molecule has 2 aliphatic heterocycles. The van der Waals surface area contributed by atoms with Crippen molar-refractivity contribution in [3.05, 3.63) is 35.9 Å². The Bertz CT molecular complexity index is 684. The Kier molecular flexibility index (Phi) is 4.51. The summed E-state index contributed by atoms with van der Waals surface area (Å²) in [6.45, 7) is 4.76. The van der Waals surface area contributed by atoms with Gasteiger partial charge in [0.2, 0.25) is 11.8 Å². The molecule has 26 heavy (non-hydrogen) atoms. The van der Waals surface area contributed by atoms with Gasteiger partial charge in [-0.25, -0.2) is 0 Å². The van der Waals surface area contributed by atoms with E-state index in [-0.39, 0.29) is 23.8 Å². The predicted molar refractivity (Wildman–Crippen MR) is 98.3 cm³/mol. The molecule has 1 atom stereocenters. The number of amides is 2. The van der Waals surface area contributed by atoms with E-state index in [0.717, 1.165) is 44.2 Å². The van der Waals surface area contributed by atoms with E-state index in [1.807, 2.05) is 40.1 Å². The van der Waals surface area contributed by atoms with Crippen molar-refractivity contribution in [2.75, 3.05) is 26.2 Å². The number of rotatable bonds is 3. The van der Waals surface area contributed by atoms with Crippen LogP contribution in [0.2, 0.25) is 0 Å². The number of nitrogens with zero attached hydrogens (tertiary/aromatic N) is 2. The fourth-order valence-electron chi connectivity index (χ4n) is 4.75. The minimum atomic E-state index is -0.396. The van der Waals surface area contributed by atoms with Gasteiger partial charge in [0.05, 0.1) is 13.1 Å². The van der Waals surface area contributed by atoms with Gasteiger partial charge in [-0.15, -0.1) is 0 Å². The molecule has 2 amide bonds. The van der Waals surface area contributed by atoms with Crippen molar-refractivity contribution in [3.63, 3.8) is 0 Å². The first kappa shape index (κ1) is 17.5. The third-order valence-corrected chi connectivity index (χ3v) is 6.38. The molecule has 1 aromatic rings. The summed E-state index contributed by atoms with van der Waals surface area (Å²) in [4.78, 5) is 29.2. The molecular weight excluding hydrogens is 328 g/mol. The Labute approximate surface area is 155 Å². The highest BCUT2D eigenvalue weighted by molar-refractivity contribution is 5.83. The SMILES string of the molecule is CC1(C(=O)N2CCC3(CN(Cc4ccccc4)C(=O)CO3)C2)CCCC1. The average Bonchev–Trinajstić information content (AvgIpc) is 3.27. The third kappa shape index (κ3) is 3.25. The minimum Gasteiger partial charge on any atom is -0.361 e. The maximum absolute atomic E-state index is 13.0. The van der Waals surface area contributed by atoms with Crippen LogP contribution in [0, 0.1) is 5.41 Å². The number of carbonyl (C=O) groups is 2. The van der Waals surface area contributed by atoms with Crippen molar-refractivity contribution < 1.29 is 14.3 Å². The maximum atomic E-state index is 13.0. The van der Waals surface area contributed by atoms with Crippen LogP contribution in [0.15, 0.2) is 30.3 Å². The van der Waals surface area contributed by atoms with Gasteiger partial charge in [-0.05, 0) is 24.8 Å². The first-order chi connectivity index (χ1) is 12.5. The van der Waals surface area contributed by atoms with Gasteiger partial charge >= 0.3 is 0 Å². The Hall–Kier alpha value is -1.88. The lowest BCUT2D eigenvalue weighted by Gasteiger charge is -2.40. The summed E-state index contributed by atoms with van der Waals surface area (Å²) >= 11 is 0. The van der Waals surface area contributed by atoms with Crippen LogP contribution < -0.4 is 0 Å². The molecule has 0 N–H and O–H groups in total. The molecule has 140 valence electrons. The highest BCUT2D eigenvalue weighted by atomic mass is 16.5. The van der Waals surface area contributed by atoms with E-state index in [1.54, 1.807) is 0 Å². The fraction of sp³-hybridized carbons (Fsp3) is 0.619. The van der Waals surface area contributed by atoms with Crippen LogP contribution in [0.3, 0.4) is 0 Å². The maximum Gasteiger partial charge on any atom is 0.249 e. The Balaban J connectivity index is 1.44. The van der Waals surface area contributed by atoms with E-state index >= 15 is 0 Å².